The Bertz CT molecular complexity index is 398. The molecule has 1 saturated heterocycles. The van der Waals surface area contributed by atoms with Gasteiger partial charge in [-0.15, -0.1) is 10.2 Å². The molecule has 1 aliphatic heterocycles. The van der Waals surface area contributed by atoms with Crippen LogP contribution in [0, 0.1) is 0 Å². The van der Waals surface area contributed by atoms with Crippen LogP contribution < -0.4 is 10.6 Å². The molecular weight excluding hydrogens is 239 g/mol. The number of nitrogens with one attached hydrogen (secondary N) is 2. The highest BCUT2D eigenvalue weighted by Gasteiger charge is 2.22. The number of hydrogen-bond acceptors (Lipinski definition) is 4. The molecule has 15 heavy (non-hydrogen) atoms. The summed E-state index contributed by atoms with van der Waals surface area (Å²) in [5.74, 6) is 0.0248. The Hall–Kier alpha value is -1.07. The van der Waals surface area contributed by atoms with Crippen LogP contribution in [0.4, 0.5) is 5.69 Å². The van der Waals surface area contributed by atoms with E-state index in [0.29, 0.717) is 18.7 Å². The minimum atomic E-state index is 0.0234. The van der Waals surface area contributed by atoms with Crippen LogP contribution in [-0.2, 0) is 4.79 Å². The fraction of sp³-hybridized carbons (Fsp3) is 0.375. The van der Waals surface area contributed by atoms with E-state index in [1.165, 1.54) is 0 Å². The summed E-state index contributed by atoms with van der Waals surface area (Å²) in [7, 11) is 0. The van der Waals surface area contributed by atoms with E-state index in [1.807, 2.05) is 0 Å². The minimum Gasteiger partial charge on any atom is -0.377 e. The molecule has 0 bridgehead atoms. The van der Waals surface area contributed by atoms with Gasteiger partial charge in [0, 0.05) is 19.0 Å². The second-order valence-electron chi connectivity index (χ2n) is 3.22. The number of hydrogen-bond donors (Lipinski definition) is 2. The summed E-state index contributed by atoms with van der Waals surface area (Å²) in [5, 5.41) is 13.5. The maximum absolute atomic E-state index is 11.0. The number of halogens is 2. The Labute approximate surface area is 96.2 Å². The van der Waals surface area contributed by atoms with Gasteiger partial charge in [0.25, 0.3) is 0 Å². The Kier molecular flexibility index (Phi) is 2.93. The second-order valence-corrected chi connectivity index (χ2v) is 3.97. The Morgan fingerprint density at radius 2 is 2.27 bits per heavy atom. The normalized spacial score (nSPS) is 20.1. The Balaban J connectivity index is 2.10. The summed E-state index contributed by atoms with van der Waals surface area (Å²) in [4.78, 5) is 11.0. The van der Waals surface area contributed by atoms with Crippen LogP contribution in [0.5, 0.6) is 0 Å². The standard InChI is InChI=1S/C8H8Cl2N4O/c9-6-2-5(8(10)14-13-6)12-4-1-7(15)11-3-4/h2,4H,1,3H2,(H,11,15)(H,12,13). The zero-order valence-electron chi connectivity index (χ0n) is 7.63. The van der Waals surface area contributed by atoms with Crippen molar-refractivity contribution in [2.45, 2.75) is 12.5 Å². The molecule has 0 radical (unpaired) electrons. The maximum atomic E-state index is 11.0. The molecule has 7 heteroatoms. The molecule has 0 spiro atoms. The molecular formula is C8H8Cl2N4O. The molecule has 0 aromatic carbocycles. The fourth-order valence-corrected chi connectivity index (χ4v) is 1.68. The highest BCUT2D eigenvalue weighted by Crippen LogP contribution is 2.22. The molecule has 5 nitrogen and oxygen atoms in total. The first-order valence-corrected chi connectivity index (χ1v) is 5.12. The van der Waals surface area contributed by atoms with Crippen LogP contribution in [0.15, 0.2) is 6.07 Å². The van der Waals surface area contributed by atoms with E-state index in [-0.39, 0.29) is 22.3 Å². The van der Waals surface area contributed by atoms with Gasteiger partial charge in [-0.25, -0.2) is 0 Å². The fourth-order valence-electron chi connectivity index (χ4n) is 1.38. The maximum Gasteiger partial charge on any atom is 0.222 e. The molecule has 1 aliphatic rings. The van der Waals surface area contributed by atoms with E-state index < -0.39 is 0 Å². The zero-order chi connectivity index (χ0) is 10.8. The Morgan fingerprint density at radius 3 is 2.93 bits per heavy atom. The van der Waals surface area contributed by atoms with Crippen molar-refractivity contribution in [1.82, 2.24) is 15.5 Å². The number of nitrogens with zero attached hydrogens (tertiary/aromatic N) is 2. The number of rotatable bonds is 2. The lowest BCUT2D eigenvalue weighted by Crippen LogP contribution is -2.22. The van der Waals surface area contributed by atoms with Crippen molar-refractivity contribution in [2.24, 2.45) is 0 Å². The zero-order valence-corrected chi connectivity index (χ0v) is 9.14. The third-order valence-electron chi connectivity index (χ3n) is 2.06. The predicted molar refractivity (Wildman–Crippen MR) is 57.1 cm³/mol. The third-order valence-corrected chi connectivity index (χ3v) is 2.52. The van der Waals surface area contributed by atoms with Crippen molar-refractivity contribution in [3.8, 4) is 0 Å². The molecule has 1 fully saturated rings. The SMILES string of the molecule is O=C1CC(Nc2cc(Cl)nnc2Cl)CN1. The lowest BCUT2D eigenvalue weighted by molar-refractivity contribution is -0.119. The number of aromatic nitrogens is 2. The predicted octanol–water partition coefficient (Wildman–Crippen LogP) is 1.08. The van der Waals surface area contributed by atoms with Gasteiger partial charge < -0.3 is 10.6 Å². The van der Waals surface area contributed by atoms with Crippen molar-refractivity contribution in [2.75, 3.05) is 11.9 Å². The van der Waals surface area contributed by atoms with E-state index in [9.17, 15) is 4.79 Å². The van der Waals surface area contributed by atoms with Gasteiger partial charge in [0.1, 0.15) is 0 Å². The minimum absolute atomic E-state index is 0.0234. The van der Waals surface area contributed by atoms with E-state index in [1.54, 1.807) is 6.07 Å². The van der Waals surface area contributed by atoms with Crippen LogP contribution in [0.3, 0.4) is 0 Å². The van der Waals surface area contributed by atoms with Crippen LogP contribution in [0.25, 0.3) is 0 Å². The van der Waals surface area contributed by atoms with E-state index in [4.69, 9.17) is 23.2 Å². The van der Waals surface area contributed by atoms with Gasteiger partial charge in [-0.1, -0.05) is 23.2 Å². The van der Waals surface area contributed by atoms with Crippen LogP contribution in [0.2, 0.25) is 10.3 Å². The first-order valence-electron chi connectivity index (χ1n) is 4.37. The summed E-state index contributed by atoms with van der Waals surface area (Å²) >= 11 is 11.5. The van der Waals surface area contributed by atoms with Gasteiger partial charge in [0.05, 0.1) is 11.7 Å². The van der Waals surface area contributed by atoms with Crippen molar-refractivity contribution in [3.63, 3.8) is 0 Å². The first kappa shape index (κ1) is 10.4. The van der Waals surface area contributed by atoms with Gasteiger partial charge in [-0.05, 0) is 0 Å². The molecule has 2 rings (SSSR count). The van der Waals surface area contributed by atoms with E-state index in [2.05, 4.69) is 20.8 Å². The summed E-state index contributed by atoms with van der Waals surface area (Å²) in [5.41, 5.74) is 0.596. The van der Waals surface area contributed by atoms with Crippen LogP contribution in [-0.4, -0.2) is 28.7 Å². The molecule has 2 N–H and O–H groups in total. The average Bonchev–Trinajstić information content (AvgIpc) is 2.58. The smallest absolute Gasteiger partial charge is 0.222 e. The molecule has 0 aliphatic carbocycles. The monoisotopic (exact) mass is 246 g/mol. The lowest BCUT2D eigenvalue weighted by atomic mass is 10.2. The lowest BCUT2D eigenvalue weighted by Gasteiger charge is -2.12. The summed E-state index contributed by atoms with van der Waals surface area (Å²) < 4.78 is 0. The molecule has 1 aromatic rings. The van der Waals surface area contributed by atoms with Crippen LogP contribution in [0.1, 0.15) is 6.42 Å². The largest absolute Gasteiger partial charge is 0.377 e. The second kappa shape index (κ2) is 4.20. The third kappa shape index (κ3) is 2.49. The topological polar surface area (TPSA) is 66.9 Å². The molecule has 1 unspecified atom stereocenters. The summed E-state index contributed by atoms with van der Waals surface area (Å²) in [6.45, 7) is 0.578. The molecule has 1 aromatic heterocycles. The number of amides is 1. The van der Waals surface area contributed by atoms with E-state index in [0.717, 1.165) is 0 Å². The van der Waals surface area contributed by atoms with E-state index >= 15 is 0 Å². The highest BCUT2D eigenvalue weighted by molar-refractivity contribution is 6.33. The molecule has 1 atom stereocenters. The van der Waals surface area contributed by atoms with Gasteiger partial charge in [0.15, 0.2) is 10.3 Å². The summed E-state index contributed by atoms with van der Waals surface area (Å²) in [6, 6.07) is 1.61. The quantitative estimate of drug-likeness (QED) is 0.820. The van der Waals surface area contributed by atoms with Crippen molar-refractivity contribution in [1.29, 1.82) is 0 Å². The van der Waals surface area contributed by atoms with Crippen molar-refractivity contribution < 1.29 is 4.79 Å². The van der Waals surface area contributed by atoms with Gasteiger partial charge >= 0.3 is 0 Å². The number of anilines is 1. The molecule has 80 valence electrons. The molecule has 1 amide bonds. The van der Waals surface area contributed by atoms with Crippen molar-refractivity contribution in [3.05, 3.63) is 16.4 Å². The molecule has 2 heterocycles. The van der Waals surface area contributed by atoms with Crippen LogP contribution >= 0.6 is 23.2 Å². The summed E-state index contributed by atoms with van der Waals surface area (Å²) in [6.07, 6.45) is 0.427. The van der Waals surface area contributed by atoms with Gasteiger partial charge in [-0.3, -0.25) is 4.79 Å². The van der Waals surface area contributed by atoms with Gasteiger partial charge in [-0.2, -0.15) is 0 Å². The highest BCUT2D eigenvalue weighted by atomic mass is 35.5. The Morgan fingerprint density at radius 1 is 1.47 bits per heavy atom. The van der Waals surface area contributed by atoms with Crippen molar-refractivity contribution >= 4 is 34.8 Å². The van der Waals surface area contributed by atoms with Gasteiger partial charge in [0.2, 0.25) is 5.91 Å². The number of carbonyl (C=O) groups is 1. The first-order chi connectivity index (χ1) is 7.15. The average molecular weight is 247 g/mol. The number of carbonyl (C=O) groups excluding carboxylic acids is 1. The molecule has 0 saturated carbocycles.